The number of aliphatic carboxylic acids is 1. The van der Waals surface area contributed by atoms with E-state index in [2.05, 4.69) is 31.6 Å². The normalized spacial score (nSPS) is 22.7. The third-order valence-electron chi connectivity index (χ3n) is 8.46. The maximum atomic E-state index is 14.3. The Bertz CT molecular complexity index is 1560. The number of carboxylic acid groups (broad SMARTS) is 1. The van der Waals surface area contributed by atoms with E-state index in [9.17, 15) is 29.1 Å². The van der Waals surface area contributed by atoms with Crippen molar-refractivity contribution < 1.29 is 29.1 Å². The van der Waals surface area contributed by atoms with Gasteiger partial charge >= 0.3 is 5.97 Å². The molecule has 4 amide bonds. The summed E-state index contributed by atoms with van der Waals surface area (Å²) in [6, 6.07) is 12.8. The van der Waals surface area contributed by atoms with Crippen molar-refractivity contribution >= 4 is 29.6 Å². The number of fused-ring (bicyclic) bond motifs is 5. The maximum absolute atomic E-state index is 14.3. The van der Waals surface area contributed by atoms with Gasteiger partial charge in [0.15, 0.2) is 0 Å². The highest BCUT2D eigenvalue weighted by molar-refractivity contribution is 5.96. The number of nitrogens with zero attached hydrogens (tertiary/aromatic N) is 4. The smallest absolute Gasteiger partial charge is 0.326 e. The SMILES string of the molecule is CN[C@@H](C)C(=O)N[C@@H](Cc1ccccc1)C(=O)N1C[C@@H]2C[C@H]1C(=O)N[C@@H](Cc1ccccc1)C(=O)N[C@H](C(=O)O)Cc1cn2nn1. The number of likely N-dealkylation sites (N-methyl/N-ethyl adjacent to an activating group) is 1. The van der Waals surface area contributed by atoms with Gasteiger partial charge < -0.3 is 31.3 Å². The van der Waals surface area contributed by atoms with Crippen molar-refractivity contribution in [1.29, 1.82) is 0 Å². The van der Waals surface area contributed by atoms with E-state index in [1.807, 2.05) is 36.4 Å². The van der Waals surface area contributed by atoms with Crippen LogP contribution in [0.25, 0.3) is 0 Å². The number of rotatable bonds is 9. The van der Waals surface area contributed by atoms with E-state index in [1.165, 1.54) is 9.58 Å². The highest BCUT2D eigenvalue weighted by atomic mass is 16.4. The lowest BCUT2D eigenvalue weighted by molar-refractivity contribution is -0.143. The van der Waals surface area contributed by atoms with Gasteiger partial charge in [-0.05, 0) is 25.1 Å². The van der Waals surface area contributed by atoms with E-state index in [4.69, 9.17) is 0 Å². The van der Waals surface area contributed by atoms with E-state index in [0.717, 1.165) is 11.1 Å². The van der Waals surface area contributed by atoms with Crippen LogP contribution in [0.2, 0.25) is 0 Å². The molecule has 6 atom stereocenters. The van der Waals surface area contributed by atoms with Crippen molar-refractivity contribution in [3.8, 4) is 0 Å². The highest BCUT2D eigenvalue weighted by Gasteiger charge is 2.44. The summed E-state index contributed by atoms with van der Waals surface area (Å²) in [4.78, 5) is 68.3. The largest absolute Gasteiger partial charge is 0.480 e. The van der Waals surface area contributed by atoms with E-state index >= 15 is 0 Å². The zero-order valence-corrected chi connectivity index (χ0v) is 25.6. The summed E-state index contributed by atoms with van der Waals surface area (Å²) in [5.41, 5.74) is 1.91. The molecular weight excluding hydrogens is 592 g/mol. The van der Waals surface area contributed by atoms with Crippen LogP contribution in [-0.4, -0.2) is 98.4 Å². The van der Waals surface area contributed by atoms with Gasteiger partial charge in [-0.25, -0.2) is 9.48 Å². The second-order valence-corrected chi connectivity index (χ2v) is 11.7. The number of nitrogens with one attached hydrogen (secondary N) is 4. The number of carbonyl (C=O) groups is 5. The molecule has 1 saturated heterocycles. The lowest BCUT2D eigenvalue weighted by Crippen LogP contribution is -2.59. The van der Waals surface area contributed by atoms with Crippen LogP contribution in [0.4, 0.5) is 0 Å². The predicted octanol–water partition coefficient (Wildman–Crippen LogP) is -0.391. The van der Waals surface area contributed by atoms with Crippen molar-refractivity contribution in [3.05, 3.63) is 83.7 Å². The fourth-order valence-corrected chi connectivity index (χ4v) is 5.77. The Morgan fingerprint density at radius 2 is 1.67 bits per heavy atom. The third-order valence-corrected chi connectivity index (χ3v) is 8.46. The lowest BCUT2D eigenvalue weighted by atomic mass is 10.0. The quantitative estimate of drug-likeness (QED) is 0.210. The van der Waals surface area contributed by atoms with Gasteiger partial charge in [0.2, 0.25) is 23.6 Å². The number of hydrogen-bond donors (Lipinski definition) is 5. The topological polar surface area (TPSA) is 188 Å². The van der Waals surface area contributed by atoms with Gasteiger partial charge in [0.05, 0.1) is 17.8 Å². The molecule has 1 aromatic heterocycles. The highest BCUT2D eigenvalue weighted by Crippen LogP contribution is 2.29. The summed E-state index contributed by atoms with van der Waals surface area (Å²) in [5.74, 6) is -3.33. The Morgan fingerprint density at radius 1 is 1.00 bits per heavy atom. The maximum Gasteiger partial charge on any atom is 0.326 e. The van der Waals surface area contributed by atoms with Crippen molar-refractivity contribution in [2.75, 3.05) is 13.6 Å². The van der Waals surface area contributed by atoms with Crippen molar-refractivity contribution in [1.82, 2.24) is 41.2 Å². The number of carboxylic acids is 1. The summed E-state index contributed by atoms with van der Waals surface area (Å²) in [7, 11) is 1.64. The van der Waals surface area contributed by atoms with Gasteiger partial charge in [0, 0.05) is 38.4 Å². The molecular formula is C32H38N8O6. The fraction of sp³-hybridized carbons (Fsp3) is 0.406. The van der Waals surface area contributed by atoms with Crippen LogP contribution in [0.15, 0.2) is 66.9 Å². The average molecular weight is 631 g/mol. The number of likely N-dealkylation sites (tertiary alicyclic amines) is 1. The van der Waals surface area contributed by atoms with E-state index in [0.29, 0.717) is 5.69 Å². The number of carbonyl (C=O) groups excluding carboxylic acids is 4. The second kappa shape index (κ2) is 14.3. The minimum Gasteiger partial charge on any atom is -0.480 e. The van der Waals surface area contributed by atoms with Gasteiger partial charge in [0.1, 0.15) is 24.2 Å². The van der Waals surface area contributed by atoms with E-state index < -0.39 is 59.9 Å². The Morgan fingerprint density at radius 3 is 2.33 bits per heavy atom. The molecule has 2 aliphatic heterocycles. The first-order chi connectivity index (χ1) is 22.1. The second-order valence-electron chi connectivity index (χ2n) is 11.7. The fourth-order valence-electron chi connectivity index (χ4n) is 5.77. The Hall–Kier alpha value is -5.11. The Kier molecular flexibility index (Phi) is 10.1. The third kappa shape index (κ3) is 7.57. The molecule has 0 saturated carbocycles. The van der Waals surface area contributed by atoms with Crippen LogP contribution < -0.4 is 21.3 Å². The lowest BCUT2D eigenvalue weighted by Gasteiger charge is -2.30. The van der Waals surface area contributed by atoms with Gasteiger partial charge in [-0.15, -0.1) is 5.10 Å². The van der Waals surface area contributed by atoms with Crippen LogP contribution in [0.1, 0.15) is 36.2 Å². The van der Waals surface area contributed by atoms with Crippen LogP contribution in [0, 0.1) is 0 Å². The summed E-state index contributed by atoms with van der Waals surface area (Å²) in [6.45, 7) is 1.76. The molecule has 242 valence electrons. The number of amides is 4. The summed E-state index contributed by atoms with van der Waals surface area (Å²) in [5, 5.41) is 29.2. The van der Waals surface area contributed by atoms with E-state index in [-0.39, 0.29) is 38.1 Å². The van der Waals surface area contributed by atoms with E-state index in [1.54, 1.807) is 44.4 Å². The van der Waals surface area contributed by atoms with Gasteiger partial charge in [-0.2, -0.15) is 0 Å². The molecule has 14 nitrogen and oxygen atoms in total. The monoisotopic (exact) mass is 630 g/mol. The van der Waals surface area contributed by atoms with Crippen LogP contribution in [0.3, 0.4) is 0 Å². The molecule has 5 rings (SSSR count). The van der Waals surface area contributed by atoms with Gasteiger partial charge in [-0.1, -0.05) is 65.9 Å². The van der Waals surface area contributed by atoms with Crippen molar-refractivity contribution in [2.24, 2.45) is 0 Å². The minimum atomic E-state index is -1.30. The number of benzene rings is 2. The molecule has 46 heavy (non-hydrogen) atoms. The first-order valence-electron chi connectivity index (χ1n) is 15.2. The van der Waals surface area contributed by atoms with Crippen LogP contribution in [0.5, 0.6) is 0 Å². The molecule has 3 heterocycles. The predicted molar refractivity (Wildman–Crippen MR) is 165 cm³/mol. The first-order valence-corrected chi connectivity index (χ1v) is 15.2. The molecule has 0 radical (unpaired) electrons. The summed E-state index contributed by atoms with van der Waals surface area (Å²) >= 11 is 0. The summed E-state index contributed by atoms with van der Waals surface area (Å²) in [6.07, 6.45) is 1.91. The van der Waals surface area contributed by atoms with Crippen LogP contribution >= 0.6 is 0 Å². The first kappa shape index (κ1) is 32.3. The number of aromatic nitrogens is 3. The molecule has 2 aliphatic rings. The molecule has 1 fully saturated rings. The molecule has 4 bridgehead atoms. The molecule has 0 aliphatic carbocycles. The zero-order chi connectivity index (χ0) is 32.8. The van der Waals surface area contributed by atoms with Gasteiger partial charge in [0.25, 0.3) is 0 Å². The minimum absolute atomic E-state index is 0.0837. The zero-order valence-electron chi connectivity index (χ0n) is 25.6. The summed E-state index contributed by atoms with van der Waals surface area (Å²) < 4.78 is 1.52. The average Bonchev–Trinajstić information content (AvgIpc) is 3.71. The molecule has 14 heteroatoms. The molecule has 3 aromatic rings. The molecule has 0 unspecified atom stereocenters. The standard InChI is InChI=1S/C32H38N8O6/c1-19(33-2)28(41)35-25(14-21-11-7-4-8-12-21)31(44)39-18-23-16-27(39)30(43)34-24(13-20-9-5-3-6-10-20)29(42)36-26(32(45)46)15-22-17-40(23)38-37-22/h3-12,17,19,23-27,33H,13-16,18H2,1-2H3,(H,34,43)(H,35,41)(H,36,42)(H,45,46)/t19-,23-,24-,25-,26-,27-/m0/s1. The molecule has 2 aromatic carbocycles. The Labute approximate surface area is 265 Å². The van der Waals surface area contributed by atoms with Crippen molar-refractivity contribution in [2.45, 2.75) is 68.9 Å². The Balaban J connectivity index is 1.49. The van der Waals surface area contributed by atoms with Crippen LogP contribution in [-0.2, 0) is 43.2 Å². The van der Waals surface area contributed by atoms with Gasteiger partial charge in [-0.3, -0.25) is 19.2 Å². The number of hydrogen-bond acceptors (Lipinski definition) is 8. The van der Waals surface area contributed by atoms with Crippen molar-refractivity contribution in [3.63, 3.8) is 0 Å². The molecule has 0 spiro atoms. The molecule has 5 N–H and O–H groups in total.